The van der Waals surface area contributed by atoms with Gasteiger partial charge in [-0.05, 0) is 25.1 Å². The summed E-state index contributed by atoms with van der Waals surface area (Å²) >= 11 is 0. The summed E-state index contributed by atoms with van der Waals surface area (Å²) in [7, 11) is 2.07. The number of fused-ring (bicyclic) bond motifs is 1. The van der Waals surface area contributed by atoms with Gasteiger partial charge >= 0.3 is 0 Å². The highest BCUT2D eigenvalue weighted by atomic mass is 15.3. The minimum absolute atomic E-state index is 0.211. The van der Waals surface area contributed by atoms with Gasteiger partial charge in [0.1, 0.15) is 5.82 Å². The highest BCUT2D eigenvalue weighted by Crippen LogP contribution is 2.18. The summed E-state index contributed by atoms with van der Waals surface area (Å²) in [4.78, 5) is 4.71. The van der Waals surface area contributed by atoms with Crippen LogP contribution in [0.4, 0.5) is 0 Å². The molecule has 0 spiro atoms. The molecule has 1 aromatic carbocycles. The summed E-state index contributed by atoms with van der Waals surface area (Å²) < 4.78 is 4.08. The van der Waals surface area contributed by atoms with Gasteiger partial charge in [-0.15, -0.1) is 0 Å². The SMILES string of the molecule is CC(NCCn1cccn1)c1nc2ccccc2n1C. The third-order valence-corrected chi connectivity index (χ3v) is 3.56. The Balaban J connectivity index is 1.69. The molecule has 0 fully saturated rings. The lowest BCUT2D eigenvalue weighted by atomic mass is 10.3. The van der Waals surface area contributed by atoms with Crippen molar-refractivity contribution in [3.63, 3.8) is 0 Å². The van der Waals surface area contributed by atoms with Crippen LogP contribution in [0.1, 0.15) is 18.8 Å². The molecule has 0 aliphatic rings. The topological polar surface area (TPSA) is 47.7 Å². The predicted octanol–water partition coefficient (Wildman–Crippen LogP) is 2.12. The van der Waals surface area contributed by atoms with E-state index in [2.05, 4.69) is 41.1 Å². The smallest absolute Gasteiger partial charge is 0.126 e. The first-order valence-electron chi connectivity index (χ1n) is 6.88. The van der Waals surface area contributed by atoms with E-state index in [1.54, 1.807) is 6.20 Å². The first kappa shape index (κ1) is 12.9. The second kappa shape index (κ2) is 5.46. The molecule has 0 radical (unpaired) electrons. The Kier molecular flexibility index (Phi) is 3.52. The Bertz CT molecular complexity index is 683. The van der Waals surface area contributed by atoms with E-state index < -0.39 is 0 Å². The van der Waals surface area contributed by atoms with Crippen molar-refractivity contribution in [2.24, 2.45) is 7.05 Å². The second-order valence-electron chi connectivity index (χ2n) is 4.96. The maximum Gasteiger partial charge on any atom is 0.126 e. The number of benzene rings is 1. The molecule has 3 aromatic rings. The molecule has 0 bridgehead atoms. The summed E-state index contributed by atoms with van der Waals surface area (Å²) in [5.41, 5.74) is 2.22. The summed E-state index contributed by atoms with van der Waals surface area (Å²) in [6.45, 7) is 3.87. The van der Waals surface area contributed by atoms with Crippen molar-refractivity contribution in [2.45, 2.75) is 19.5 Å². The van der Waals surface area contributed by atoms with E-state index in [0.29, 0.717) is 0 Å². The van der Waals surface area contributed by atoms with Crippen molar-refractivity contribution >= 4 is 11.0 Å². The van der Waals surface area contributed by atoms with Crippen molar-refractivity contribution in [2.75, 3.05) is 6.54 Å². The van der Waals surface area contributed by atoms with Gasteiger partial charge in [-0.3, -0.25) is 4.68 Å². The number of nitrogens with zero attached hydrogens (tertiary/aromatic N) is 4. The maximum absolute atomic E-state index is 4.71. The second-order valence-corrected chi connectivity index (χ2v) is 4.96. The Hall–Kier alpha value is -2.14. The minimum Gasteiger partial charge on any atom is -0.330 e. The molecule has 0 amide bonds. The summed E-state index contributed by atoms with van der Waals surface area (Å²) in [6, 6.07) is 10.4. The fourth-order valence-electron chi connectivity index (χ4n) is 2.47. The quantitative estimate of drug-likeness (QED) is 0.772. The van der Waals surface area contributed by atoms with E-state index in [4.69, 9.17) is 4.98 Å². The van der Waals surface area contributed by atoms with Crippen LogP contribution in [0.25, 0.3) is 11.0 Å². The van der Waals surface area contributed by atoms with E-state index in [1.165, 1.54) is 5.52 Å². The van der Waals surface area contributed by atoms with Gasteiger partial charge in [-0.2, -0.15) is 5.10 Å². The van der Waals surface area contributed by atoms with Gasteiger partial charge in [-0.25, -0.2) is 4.98 Å². The van der Waals surface area contributed by atoms with Gasteiger partial charge in [-0.1, -0.05) is 12.1 Å². The van der Waals surface area contributed by atoms with Crippen molar-refractivity contribution in [1.29, 1.82) is 0 Å². The molecule has 2 aromatic heterocycles. The van der Waals surface area contributed by atoms with Crippen LogP contribution in [0.15, 0.2) is 42.7 Å². The van der Waals surface area contributed by atoms with Crippen LogP contribution < -0.4 is 5.32 Å². The molecule has 0 saturated heterocycles. The Morgan fingerprint density at radius 1 is 1.25 bits per heavy atom. The molecule has 0 saturated carbocycles. The lowest BCUT2D eigenvalue weighted by molar-refractivity contribution is 0.487. The van der Waals surface area contributed by atoms with Crippen LogP contribution in [-0.2, 0) is 13.6 Å². The number of nitrogens with one attached hydrogen (secondary N) is 1. The molecule has 20 heavy (non-hydrogen) atoms. The van der Waals surface area contributed by atoms with Crippen LogP contribution in [-0.4, -0.2) is 25.9 Å². The Labute approximate surface area is 118 Å². The number of hydrogen-bond acceptors (Lipinski definition) is 3. The van der Waals surface area contributed by atoms with E-state index in [9.17, 15) is 0 Å². The molecule has 1 atom stereocenters. The van der Waals surface area contributed by atoms with Crippen molar-refractivity contribution in [3.8, 4) is 0 Å². The van der Waals surface area contributed by atoms with E-state index in [1.807, 2.05) is 29.1 Å². The minimum atomic E-state index is 0.211. The van der Waals surface area contributed by atoms with Crippen LogP contribution in [0.5, 0.6) is 0 Å². The molecule has 1 unspecified atom stereocenters. The highest BCUT2D eigenvalue weighted by Gasteiger charge is 2.13. The number of aryl methyl sites for hydroxylation is 1. The number of imidazole rings is 1. The molecule has 1 N–H and O–H groups in total. The van der Waals surface area contributed by atoms with E-state index >= 15 is 0 Å². The molecule has 5 heteroatoms. The number of hydrogen-bond donors (Lipinski definition) is 1. The highest BCUT2D eigenvalue weighted by molar-refractivity contribution is 5.75. The molecule has 0 aliphatic heterocycles. The van der Waals surface area contributed by atoms with E-state index in [-0.39, 0.29) is 6.04 Å². The number of aromatic nitrogens is 4. The predicted molar refractivity (Wildman–Crippen MR) is 79.4 cm³/mol. The van der Waals surface area contributed by atoms with Crippen LogP contribution in [0.3, 0.4) is 0 Å². The van der Waals surface area contributed by atoms with Crippen molar-refractivity contribution in [1.82, 2.24) is 24.6 Å². The van der Waals surface area contributed by atoms with Gasteiger partial charge in [0, 0.05) is 26.0 Å². The van der Waals surface area contributed by atoms with Crippen LogP contribution in [0, 0.1) is 0 Å². The van der Waals surface area contributed by atoms with Gasteiger partial charge in [0.15, 0.2) is 0 Å². The van der Waals surface area contributed by atoms with Gasteiger partial charge in [0.05, 0.1) is 23.6 Å². The van der Waals surface area contributed by atoms with E-state index in [0.717, 1.165) is 24.4 Å². The third-order valence-electron chi connectivity index (χ3n) is 3.56. The van der Waals surface area contributed by atoms with Crippen molar-refractivity contribution in [3.05, 3.63) is 48.5 Å². The maximum atomic E-state index is 4.71. The monoisotopic (exact) mass is 269 g/mol. The largest absolute Gasteiger partial charge is 0.330 e. The summed E-state index contributed by atoms with van der Waals surface area (Å²) in [5.74, 6) is 1.06. The van der Waals surface area contributed by atoms with Crippen LogP contribution in [0.2, 0.25) is 0 Å². The Morgan fingerprint density at radius 3 is 2.85 bits per heavy atom. The standard InChI is InChI=1S/C15H19N5/c1-12(16-9-11-20-10-5-8-17-20)15-18-13-6-3-4-7-14(13)19(15)2/h3-8,10,12,16H,9,11H2,1-2H3. The molecule has 0 aliphatic carbocycles. The zero-order valence-corrected chi connectivity index (χ0v) is 11.8. The normalized spacial score (nSPS) is 12.9. The molecule has 104 valence electrons. The summed E-state index contributed by atoms with van der Waals surface area (Å²) in [5, 5.41) is 7.69. The zero-order valence-electron chi connectivity index (χ0n) is 11.8. The molecular weight excluding hydrogens is 250 g/mol. The van der Waals surface area contributed by atoms with Gasteiger partial charge in [0.25, 0.3) is 0 Å². The average Bonchev–Trinajstić information content (AvgIpc) is 3.08. The first-order valence-corrected chi connectivity index (χ1v) is 6.88. The Morgan fingerprint density at radius 2 is 2.10 bits per heavy atom. The molecule has 2 heterocycles. The fraction of sp³-hybridized carbons (Fsp3) is 0.333. The lowest BCUT2D eigenvalue weighted by Crippen LogP contribution is -2.25. The van der Waals surface area contributed by atoms with Crippen molar-refractivity contribution < 1.29 is 0 Å². The van der Waals surface area contributed by atoms with Gasteiger partial charge in [0.2, 0.25) is 0 Å². The average molecular weight is 269 g/mol. The third kappa shape index (κ3) is 2.44. The van der Waals surface area contributed by atoms with Gasteiger partial charge < -0.3 is 9.88 Å². The zero-order chi connectivity index (χ0) is 13.9. The number of rotatable bonds is 5. The fourth-order valence-corrected chi connectivity index (χ4v) is 2.47. The summed E-state index contributed by atoms with van der Waals surface area (Å²) in [6.07, 6.45) is 3.77. The first-order chi connectivity index (χ1) is 9.75. The molecule has 5 nitrogen and oxygen atoms in total. The lowest BCUT2D eigenvalue weighted by Gasteiger charge is -2.13. The molecule has 3 rings (SSSR count). The molecular formula is C15H19N5. The number of para-hydroxylation sites is 2. The van der Waals surface area contributed by atoms with Crippen LogP contribution >= 0.6 is 0 Å².